The first-order valence-electron chi connectivity index (χ1n) is 7.88. The normalized spacial score (nSPS) is 16.1. The lowest BCUT2D eigenvalue weighted by Crippen LogP contribution is -2.19. The van der Waals surface area contributed by atoms with Crippen molar-refractivity contribution in [1.82, 2.24) is 5.32 Å². The summed E-state index contributed by atoms with van der Waals surface area (Å²) in [6, 6.07) is 13.3. The van der Waals surface area contributed by atoms with Crippen molar-refractivity contribution < 1.29 is 19.4 Å². The quantitative estimate of drug-likeness (QED) is 0.657. The monoisotopic (exact) mass is 457 g/mol. The first kappa shape index (κ1) is 19.7. The van der Waals surface area contributed by atoms with E-state index in [1.54, 1.807) is 36.4 Å². The maximum atomic E-state index is 12.3. The first-order valence-corrected chi connectivity index (χ1v) is 9.49. The van der Waals surface area contributed by atoms with Gasteiger partial charge in [-0.25, -0.2) is 9.79 Å². The minimum Gasteiger partial charge on any atom is -0.478 e. The van der Waals surface area contributed by atoms with E-state index in [2.05, 4.69) is 26.2 Å². The number of halogens is 1. The van der Waals surface area contributed by atoms with E-state index < -0.39 is 5.97 Å². The standard InChI is InChI=1S/C19H12BrN3O4S/c20-13-4-5-15(27-7-6-21)12(8-13)10-16-17(24)23-19(28-16)22-14-3-1-2-11(9-14)18(25)26/h1-5,8-10H,7H2,(H,25,26)(H,22,23,24)/b16-10-. The van der Waals surface area contributed by atoms with Gasteiger partial charge in [0.05, 0.1) is 16.2 Å². The van der Waals surface area contributed by atoms with Crippen molar-refractivity contribution in [2.45, 2.75) is 0 Å². The second kappa shape index (κ2) is 8.73. The average molecular weight is 458 g/mol. The van der Waals surface area contributed by atoms with Crippen LogP contribution in [0.2, 0.25) is 0 Å². The highest BCUT2D eigenvalue weighted by atomic mass is 79.9. The van der Waals surface area contributed by atoms with Crippen molar-refractivity contribution in [3.63, 3.8) is 0 Å². The van der Waals surface area contributed by atoms with E-state index in [4.69, 9.17) is 15.1 Å². The number of ether oxygens (including phenoxy) is 1. The van der Waals surface area contributed by atoms with Crippen molar-refractivity contribution in [3.8, 4) is 11.8 Å². The molecule has 0 radical (unpaired) electrons. The number of nitriles is 1. The molecule has 1 fully saturated rings. The van der Waals surface area contributed by atoms with Crippen LogP contribution in [0.25, 0.3) is 6.08 Å². The summed E-state index contributed by atoms with van der Waals surface area (Å²) in [5.41, 5.74) is 1.17. The number of hydrogen-bond acceptors (Lipinski definition) is 6. The third-order valence-corrected chi connectivity index (χ3v) is 4.93. The Labute approximate surface area is 172 Å². The number of carbonyl (C=O) groups is 2. The Morgan fingerprint density at radius 3 is 2.93 bits per heavy atom. The van der Waals surface area contributed by atoms with Gasteiger partial charge in [0.1, 0.15) is 11.8 Å². The molecule has 1 amide bonds. The molecule has 3 rings (SSSR count). The van der Waals surface area contributed by atoms with Crippen molar-refractivity contribution in [3.05, 3.63) is 63.0 Å². The zero-order valence-corrected chi connectivity index (χ0v) is 16.6. The topological polar surface area (TPSA) is 112 Å². The zero-order valence-electron chi connectivity index (χ0n) is 14.2. The number of aromatic carboxylic acids is 1. The summed E-state index contributed by atoms with van der Waals surface area (Å²) in [4.78, 5) is 28.0. The van der Waals surface area contributed by atoms with Gasteiger partial charge in [0.15, 0.2) is 11.8 Å². The number of thioether (sulfide) groups is 1. The van der Waals surface area contributed by atoms with Gasteiger partial charge in [-0.3, -0.25) is 4.79 Å². The fourth-order valence-electron chi connectivity index (χ4n) is 2.32. The van der Waals surface area contributed by atoms with Crippen molar-refractivity contribution in [2.75, 3.05) is 6.61 Å². The molecule has 2 aromatic rings. The van der Waals surface area contributed by atoms with E-state index in [1.165, 1.54) is 12.1 Å². The van der Waals surface area contributed by atoms with Crippen LogP contribution in [-0.4, -0.2) is 28.8 Å². The lowest BCUT2D eigenvalue weighted by Gasteiger charge is -2.07. The van der Waals surface area contributed by atoms with Gasteiger partial charge >= 0.3 is 5.97 Å². The fraction of sp³-hybridized carbons (Fsp3) is 0.0526. The number of amides is 1. The molecule has 0 saturated carbocycles. The number of carboxylic acid groups (broad SMARTS) is 1. The molecule has 0 aromatic heterocycles. The van der Waals surface area contributed by atoms with E-state index in [0.29, 0.717) is 27.1 Å². The summed E-state index contributed by atoms with van der Waals surface area (Å²) >= 11 is 4.50. The van der Waals surface area contributed by atoms with Crippen LogP contribution in [0.5, 0.6) is 5.75 Å². The van der Waals surface area contributed by atoms with Crippen LogP contribution in [0.3, 0.4) is 0 Å². The van der Waals surface area contributed by atoms with Gasteiger partial charge < -0.3 is 15.2 Å². The van der Waals surface area contributed by atoms with Gasteiger partial charge in [-0.1, -0.05) is 22.0 Å². The molecule has 1 saturated heterocycles. The van der Waals surface area contributed by atoms with E-state index in [9.17, 15) is 9.59 Å². The Morgan fingerprint density at radius 1 is 1.36 bits per heavy atom. The molecule has 2 N–H and O–H groups in total. The third kappa shape index (κ3) is 4.79. The second-order valence-electron chi connectivity index (χ2n) is 5.47. The summed E-state index contributed by atoms with van der Waals surface area (Å²) in [6.07, 6.45) is 1.65. The Hall–Kier alpha value is -3.09. The maximum Gasteiger partial charge on any atom is 0.335 e. The maximum absolute atomic E-state index is 12.3. The van der Waals surface area contributed by atoms with E-state index in [-0.39, 0.29) is 18.1 Å². The molecular weight excluding hydrogens is 446 g/mol. The van der Waals surface area contributed by atoms with Crippen LogP contribution in [0.1, 0.15) is 15.9 Å². The minimum absolute atomic E-state index is 0.107. The lowest BCUT2D eigenvalue weighted by atomic mass is 10.2. The average Bonchev–Trinajstić information content (AvgIpc) is 3.00. The molecular formula is C19H12BrN3O4S. The summed E-state index contributed by atoms with van der Waals surface area (Å²) < 4.78 is 6.19. The summed E-state index contributed by atoms with van der Waals surface area (Å²) in [5.74, 6) is -0.903. The van der Waals surface area contributed by atoms with Gasteiger partial charge in [-0.15, -0.1) is 0 Å². The number of carboxylic acids is 1. The van der Waals surface area contributed by atoms with Crippen molar-refractivity contribution >= 4 is 56.5 Å². The Morgan fingerprint density at radius 2 is 2.18 bits per heavy atom. The predicted molar refractivity (Wildman–Crippen MR) is 109 cm³/mol. The highest BCUT2D eigenvalue weighted by Crippen LogP contribution is 2.32. The Bertz CT molecular complexity index is 1060. The molecule has 0 unspecified atom stereocenters. The molecule has 1 aliphatic rings. The fourth-order valence-corrected chi connectivity index (χ4v) is 3.53. The molecule has 0 bridgehead atoms. The molecule has 2 aromatic carbocycles. The van der Waals surface area contributed by atoms with Crippen LogP contribution in [0.15, 0.2) is 56.8 Å². The SMILES string of the molecule is N#CCOc1ccc(Br)cc1/C=C1\SC(=Nc2cccc(C(=O)O)c2)NC1=O. The van der Waals surface area contributed by atoms with Crippen molar-refractivity contribution in [2.24, 2.45) is 4.99 Å². The minimum atomic E-state index is -1.05. The molecule has 9 heteroatoms. The molecule has 1 heterocycles. The predicted octanol–water partition coefficient (Wildman–Crippen LogP) is 3.94. The largest absolute Gasteiger partial charge is 0.478 e. The highest BCUT2D eigenvalue weighted by molar-refractivity contribution is 9.10. The van der Waals surface area contributed by atoms with Gasteiger partial charge in [0.2, 0.25) is 0 Å². The number of hydrogen-bond donors (Lipinski definition) is 2. The van der Waals surface area contributed by atoms with Crippen molar-refractivity contribution in [1.29, 1.82) is 5.26 Å². The molecule has 0 spiro atoms. The molecule has 0 aliphatic carbocycles. The number of aliphatic imine (C=N–C) groups is 1. The Balaban J connectivity index is 1.87. The zero-order chi connectivity index (χ0) is 20.1. The number of carbonyl (C=O) groups excluding carboxylic acids is 1. The lowest BCUT2D eigenvalue weighted by molar-refractivity contribution is -0.115. The van der Waals surface area contributed by atoms with Crippen LogP contribution in [0, 0.1) is 11.3 Å². The summed E-state index contributed by atoms with van der Waals surface area (Å²) in [7, 11) is 0. The van der Waals surface area contributed by atoms with Crippen LogP contribution in [0.4, 0.5) is 5.69 Å². The van der Waals surface area contributed by atoms with Crippen LogP contribution in [-0.2, 0) is 4.79 Å². The van der Waals surface area contributed by atoms with Gasteiger partial charge in [-0.05, 0) is 54.2 Å². The van der Waals surface area contributed by atoms with Gasteiger partial charge in [0.25, 0.3) is 5.91 Å². The molecule has 28 heavy (non-hydrogen) atoms. The number of nitrogens with one attached hydrogen (secondary N) is 1. The smallest absolute Gasteiger partial charge is 0.335 e. The first-order chi connectivity index (χ1) is 13.5. The molecule has 7 nitrogen and oxygen atoms in total. The van der Waals surface area contributed by atoms with Gasteiger partial charge in [-0.2, -0.15) is 5.26 Å². The number of amidine groups is 1. The highest BCUT2D eigenvalue weighted by Gasteiger charge is 2.24. The van der Waals surface area contributed by atoms with E-state index >= 15 is 0 Å². The molecule has 140 valence electrons. The number of nitrogens with zero attached hydrogens (tertiary/aromatic N) is 2. The van der Waals surface area contributed by atoms with Crippen LogP contribution < -0.4 is 10.1 Å². The molecule has 1 aliphatic heterocycles. The summed E-state index contributed by atoms with van der Waals surface area (Å²) in [5, 5.41) is 20.8. The third-order valence-electron chi connectivity index (χ3n) is 3.53. The second-order valence-corrected chi connectivity index (χ2v) is 7.41. The Kier molecular flexibility index (Phi) is 6.13. The van der Waals surface area contributed by atoms with Gasteiger partial charge in [0, 0.05) is 10.0 Å². The number of rotatable bonds is 5. The van der Waals surface area contributed by atoms with Crippen LogP contribution >= 0.6 is 27.7 Å². The molecule has 0 atom stereocenters. The van der Waals surface area contributed by atoms with E-state index in [0.717, 1.165) is 16.2 Å². The summed E-state index contributed by atoms with van der Waals surface area (Å²) in [6.45, 7) is -0.107. The van der Waals surface area contributed by atoms with E-state index in [1.807, 2.05) is 6.07 Å². The number of benzene rings is 2.